The van der Waals surface area contributed by atoms with Crippen LogP contribution in [0.5, 0.6) is 5.75 Å². The first-order valence-electron chi connectivity index (χ1n) is 27.8. The molecule has 24 heteroatoms. The van der Waals surface area contributed by atoms with Gasteiger partial charge in [-0.05, 0) is 88.1 Å². The van der Waals surface area contributed by atoms with Crippen molar-refractivity contribution < 1.29 is 70.8 Å². The molecule has 4 rings (SSSR count). The first kappa shape index (κ1) is 66.1. The first-order chi connectivity index (χ1) is 37.3. The van der Waals surface area contributed by atoms with E-state index in [0.29, 0.717) is 70.1 Å². The number of carboxylic acid groups (broad SMARTS) is 1. The van der Waals surface area contributed by atoms with E-state index in [1.807, 2.05) is 60.5 Å². The molecule has 2 aliphatic heterocycles. The molecule has 0 radical (unpaired) electrons. The SMILES string of the molecule is CC[C@H](C)[C@@H]([C@@H](CC(=O)N1CCC[C@H]1[C@H](OC)[C@@H](C)C(=O)N[C@@H](Cc1ccc(OC(=O)NCCOCCC(=O)N2CCC(C(=O)O)CC2)cc1)C(=O)NS(=O)(=O)C1CC1)OC)N(C)C(=O)[C@@H](NC(=O)[C@H](C(C)C)N(C)C)C(C)C. The number of nitrogens with one attached hydrogen (secondary N) is 4. The summed E-state index contributed by atoms with van der Waals surface area (Å²) in [6.07, 6.45) is 0.885. The number of carbonyl (C=O) groups is 8. The fraction of sp³-hybridized carbons (Fsp3) is 0.745. The smallest absolute Gasteiger partial charge is 0.412 e. The van der Waals surface area contributed by atoms with Crippen molar-refractivity contribution in [3.8, 4) is 5.75 Å². The number of carbonyl (C=O) groups excluding carboxylic acids is 7. The molecule has 0 unspecified atom stereocenters. The van der Waals surface area contributed by atoms with Gasteiger partial charge in [0.15, 0.2) is 0 Å². The molecule has 1 aromatic carbocycles. The largest absolute Gasteiger partial charge is 0.481 e. The van der Waals surface area contributed by atoms with E-state index < -0.39 is 93.4 Å². The van der Waals surface area contributed by atoms with Crippen molar-refractivity contribution in [2.24, 2.45) is 29.6 Å². The molecular formula is C55H90N8O15S. The van der Waals surface area contributed by atoms with E-state index in [1.165, 1.54) is 26.4 Å². The number of hydrogen-bond donors (Lipinski definition) is 5. The van der Waals surface area contributed by atoms with Crippen LogP contribution in [0.4, 0.5) is 4.79 Å². The topological polar surface area (TPSA) is 289 Å². The Morgan fingerprint density at radius 3 is 1.97 bits per heavy atom. The number of ether oxygens (including phenoxy) is 4. The molecule has 79 heavy (non-hydrogen) atoms. The Bertz CT molecular complexity index is 2320. The zero-order chi connectivity index (χ0) is 58.9. The van der Waals surface area contributed by atoms with Gasteiger partial charge in [0.05, 0.1) is 73.5 Å². The number of piperidine rings is 1. The van der Waals surface area contributed by atoms with Crippen LogP contribution in [0.1, 0.15) is 112 Å². The van der Waals surface area contributed by atoms with E-state index in [9.17, 15) is 51.9 Å². The molecule has 0 spiro atoms. The number of rotatable bonds is 31. The van der Waals surface area contributed by atoms with Gasteiger partial charge in [0.25, 0.3) is 5.91 Å². The molecule has 3 fully saturated rings. The number of amides is 7. The van der Waals surface area contributed by atoms with Crippen LogP contribution in [0, 0.1) is 29.6 Å². The van der Waals surface area contributed by atoms with Gasteiger partial charge in [-0.1, -0.05) is 67.0 Å². The lowest BCUT2D eigenvalue weighted by Crippen LogP contribution is -2.59. The maximum Gasteiger partial charge on any atom is 0.412 e. The van der Waals surface area contributed by atoms with Crippen LogP contribution in [0.25, 0.3) is 0 Å². The number of aliphatic carboxylic acids is 1. The Morgan fingerprint density at radius 2 is 1.43 bits per heavy atom. The maximum atomic E-state index is 14.5. The Kier molecular flexibility index (Phi) is 25.9. The molecule has 1 aliphatic carbocycles. The van der Waals surface area contributed by atoms with E-state index in [1.54, 1.807) is 40.8 Å². The second-order valence-corrected chi connectivity index (χ2v) is 24.2. The lowest BCUT2D eigenvalue weighted by atomic mass is 9.89. The van der Waals surface area contributed by atoms with Crippen LogP contribution >= 0.6 is 0 Å². The molecule has 446 valence electrons. The van der Waals surface area contributed by atoms with Crippen molar-refractivity contribution in [2.75, 3.05) is 74.8 Å². The number of likely N-dealkylation sites (tertiary alicyclic amines) is 2. The van der Waals surface area contributed by atoms with E-state index in [0.717, 1.165) is 0 Å². The fourth-order valence-corrected chi connectivity index (χ4v) is 12.0. The van der Waals surface area contributed by atoms with E-state index in [-0.39, 0.29) is 86.2 Å². The molecule has 5 N–H and O–H groups in total. The minimum Gasteiger partial charge on any atom is -0.481 e. The standard InChI is InChI=1S/C55H90N8O15S/c1-13-35(6)48(61(10)53(69)46(33(2)3)58-52(68)47(34(4)5)60(8)9)43(75-11)32-45(65)63-26-14-15-42(63)49(76-12)36(7)50(66)57-41(51(67)59-79(73,74)40-20-21-40)31-37-16-18-39(19-17-37)78-55(72)56-25-30-77-29-24-44(64)62-27-22-38(23-28-62)54(70)71/h16-19,33-36,38,40-43,46-49H,13-15,20-32H2,1-12H3,(H,56,72)(H,57,66)(H,58,68)(H,59,67)(H,70,71)/t35-,36+,41-,42-,43+,46-,47-,48-,49+/m0/s1. The summed E-state index contributed by atoms with van der Waals surface area (Å²) in [4.78, 5) is 113. The van der Waals surface area contributed by atoms with Gasteiger partial charge >= 0.3 is 12.1 Å². The van der Waals surface area contributed by atoms with Crippen molar-refractivity contribution in [3.63, 3.8) is 0 Å². The van der Waals surface area contributed by atoms with Crippen LogP contribution in [-0.2, 0) is 64.2 Å². The summed E-state index contributed by atoms with van der Waals surface area (Å²) >= 11 is 0. The summed E-state index contributed by atoms with van der Waals surface area (Å²) in [7, 11) is 4.26. The van der Waals surface area contributed by atoms with Gasteiger partial charge in [0.2, 0.25) is 39.6 Å². The van der Waals surface area contributed by atoms with Crippen molar-refractivity contribution in [2.45, 2.75) is 160 Å². The summed E-state index contributed by atoms with van der Waals surface area (Å²) in [6, 6.07) is 2.31. The molecular weight excluding hydrogens is 1040 g/mol. The molecule has 1 aromatic rings. The van der Waals surface area contributed by atoms with E-state index >= 15 is 0 Å². The third-order valence-corrected chi connectivity index (χ3v) is 17.4. The summed E-state index contributed by atoms with van der Waals surface area (Å²) in [6.45, 7) is 14.7. The zero-order valence-corrected chi connectivity index (χ0v) is 49.3. The summed E-state index contributed by atoms with van der Waals surface area (Å²) in [5.41, 5.74) is 0.499. The zero-order valence-electron chi connectivity index (χ0n) is 48.5. The van der Waals surface area contributed by atoms with Gasteiger partial charge in [-0.3, -0.25) is 43.2 Å². The molecule has 23 nitrogen and oxygen atoms in total. The van der Waals surface area contributed by atoms with Crippen molar-refractivity contribution in [1.29, 1.82) is 0 Å². The quantitative estimate of drug-likeness (QED) is 0.0668. The number of methoxy groups -OCH3 is 2. The number of hydrogen-bond acceptors (Lipinski definition) is 15. The van der Waals surface area contributed by atoms with Crippen molar-refractivity contribution in [3.05, 3.63) is 29.8 Å². The van der Waals surface area contributed by atoms with Gasteiger partial charge in [0.1, 0.15) is 17.8 Å². The van der Waals surface area contributed by atoms with Crippen LogP contribution in [0.3, 0.4) is 0 Å². The molecule has 3 aliphatic rings. The second-order valence-electron chi connectivity index (χ2n) is 22.3. The van der Waals surface area contributed by atoms with Gasteiger partial charge in [0, 0.05) is 53.9 Å². The molecule has 2 heterocycles. The lowest BCUT2D eigenvalue weighted by molar-refractivity contribution is -0.148. The number of likely N-dealkylation sites (N-methyl/N-ethyl adjacent to an activating group) is 2. The molecule has 2 saturated heterocycles. The highest BCUT2D eigenvalue weighted by Crippen LogP contribution is 2.31. The fourth-order valence-electron chi connectivity index (χ4n) is 10.7. The molecule has 9 atom stereocenters. The minimum atomic E-state index is -4.01. The van der Waals surface area contributed by atoms with Crippen LogP contribution in [0.15, 0.2) is 24.3 Å². The van der Waals surface area contributed by atoms with Gasteiger partial charge in [-0.25, -0.2) is 13.2 Å². The van der Waals surface area contributed by atoms with Crippen LogP contribution < -0.4 is 25.4 Å². The van der Waals surface area contributed by atoms with Crippen molar-refractivity contribution in [1.82, 2.24) is 40.3 Å². The lowest BCUT2D eigenvalue weighted by Gasteiger charge is -2.41. The van der Waals surface area contributed by atoms with Gasteiger partial charge in [-0.2, -0.15) is 0 Å². The van der Waals surface area contributed by atoms with Gasteiger partial charge < -0.3 is 54.7 Å². The minimum absolute atomic E-state index is 0.0103. The number of sulfonamides is 1. The highest BCUT2D eigenvalue weighted by molar-refractivity contribution is 7.90. The van der Waals surface area contributed by atoms with E-state index in [4.69, 9.17) is 18.9 Å². The first-order valence-corrected chi connectivity index (χ1v) is 29.4. The molecule has 7 amide bonds. The predicted octanol–water partition coefficient (Wildman–Crippen LogP) is 2.79. The Hall–Kier alpha value is -5.43. The maximum absolute atomic E-state index is 14.5. The third-order valence-electron chi connectivity index (χ3n) is 15.5. The normalized spacial score (nSPS) is 19.2. The molecule has 0 bridgehead atoms. The predicted molar refractivity (Wildman–Crippen MR) is 294 cm³/mol. The average molecular weight is 1140 g/mol. The number of carboxylic acids is 1. The van der Waals surface area contributed by atoms with Crippen molar-refractivity contribution >= 4 is 57.5 Å². The molecule has 0 aromatic heterocycles. The molecule has 1 saturated carbocycles. The second kappa shape index (κ2) is 31.0. The highest BCUT2D eigenvalue weighted by atomic mass is 32.2. The number of benzene rings is 1. The van der Waals surface area contributed by atoms with E-state index in [2.05, 4.69) is 20.7 Å². The van der Waals surface area contributed by atoms with Crippen LogP contribution in [0.2, 0.25) is 0 Å². The Morgan fingerprint density at radius 1 is 0.785 bits per heavy atom. The Labute approximate surface area is 467 Å². The van der Waals surface area contributed by atoms with Gasteiger partial charge in [-0.15, -0.1) is 0 Å². The highest BCUT2D eigenvalue weighted by Gasteiger charge is 2.44. The Balaban J connectivity index is 1.39. The van der Waals surface area contributed by atoms with Crippen LogP contribution in [-0.4, -0.2) is 203 Å². The summed E-state index contributed by atoms with van der Waals surface area (Å²) in [5.74, 6) is -4.98. The third kappa shape index (κ3) is 19.1. The summed E-state index contributed by atoms with van der Waals surface area (Å²) < 4.78 is 51.0. The monoisotopic (exact) mass is 1130 g/mol. The summed E-state index contributed by atoms with van der Waals surface area (Å²) in [5, 5.41) is 16.8. The average Bonchev–Trinajstić information content (AvgIpc) is 4.18. The number of nitrogens with zero attached hydrogens (tertiary/aromatic N) is 4.